The van der Waals surface area contributed by atoms with Gasteiger partial charge in [0.2, 0.25) is 12.6 Å². The molecule has 166 valence electrons. The van der Waals surface area contributed by atoms with E-state index in [1.54, 1.807) is 12.1 Å². The molecule has 0 bridgehead atoms. The number of fused-ring (bicyclic) bond motifs is 2. The number of Topliss-reactive ketones (excluding diaryl/α,β-unsaturated/α-hetero) is 1. The molecule has 0 spiro atoms. The van der Waals surface area contributed by atoms with Gasteiger partial charge in [0, 0.05) is 34.8 Å². The van der Waals surface area contributed by atoms with Crippen LogP contribution in [-0.4, -0.2) is 34.7 Å². The van der Waals surface area contributed by atoms with Crippen molar-refractivity contribution in [1.82, 2.24) is 9.55 Å². The monoisotopic (exact) mass is 460 g/mol. The lowest BCUT2D eigenvalue weighted by molar-refractivity contribution is -0.136. The van der Waals surface area contributed by atoms with Crippen molar-refractivity contribution in [2.45, 2.75) is 13.8 Å². The number of thiazole rings is 1. The third kappa shape index (κ3) is 4.12. The zero-order valence-electron chi connectivity index (χ0n) is 18.0. The van der Waals surface area contributed by atoms with Crippen LogP contribution in [-0.2, 0) is 9.53 Å². The highest BCUT2D eigenvalue weighted by Crippen LogP contribution is 2.35. The molecule has 0 radical (unpaired) electrons. The summed E-state index contributed by atoms with van der Waals surface area (Å²) in [5, 5.41) is 0.701. The number of para-hydroxylation sites is 1. The number of nitrogens with zero attached hydrogens (tertiary/aromatic N) is 2. The Morgan fingerprint density at radius 1 is 1.12 bits per heavy atom. The van der Waals surface area contributed by atoms with E-state index in [1.165, 1.54) is 17.4 Å². The molecule has 0 amide bonds. The molecule has 0 saturated carbocycles. The van der Waals surface area contributed by atoms with E-state index in [-0.39, 0.29) is 19.2 Å². The second-order valence-corrected chi connectivity index (χ2v) is 8.60. The first-order valence-corrected chi connectivity index (χ1v) is 11.1. The molecule has 0 N–H and O–H groups in total. The summed E-state index contributed by atoms with van der Waals surface area (Å²) in [6.45, 7) is 3.64. The molecule has 4 aromatic rings. The minimum Gasteiger partial charge on any atom is -0.454 e. The average Bonchev–Trinajstić information content (AvgIpc) is 3.52. The molecule has 0 fully saturated rings. The Hall–Kier alpha value is -3.91. The van der Waals surface area contributed by atoms with Crippen LogP contribution in [0.2, 0.25) is 0 Å². The van der Waals surface area contributed by atoms with E-state index in [2.05, 4.69) is 4.98 Å². The average molecular weight is 461 g/mol. The van der Waals surface area contributed by atoms with Crippen LogP contribution in [0.15, 0.2) is 54.6 Å². The van der Waals surface area contributed by atoms with E-state index in [1.807, 2.05) is 60.9 Å². The van der Waals surface area contributed by atoms with Crippen LogP contribution in [0.25, 0.3) is 22.0 Å². The van der Waals surface area contributed by atoms with Gasteiger partial charge < -0.3 is 18.8 Å². The fourth-order valence-corrected chi connectivity index (χ4v) is 4.70. The van der Waals surface area contributed by atoms with Crippen LogP contribution < -0.4 is 9.47 Å². The molecule has 0 saturated heterocycles. The SMILES string of the molecule is Cc1cc(C(=O)COC(=O)C=Cc2nc3ccccc3s2)c(C)n1-c1ccc2c(c1)OCO2. The minimum absolute atomic E-state index is 0.199. The van der Waals surface area contributed by atoms with Crippen molar-refractivity contribution in [3.63, 3.8) is 0 Å². The highest BCUT2D eigenvalue weighted by Gasteiger charge is 2.20. The molecular formula is C25H20N2O5S. The quantitative estimate of drug-likeness (QED) is 0.232. The number of aromatic nitrogens is 2. The lowest BCUT2D eigenvalue weighted by Gasteiger charge is -2.10. The van der Waals surface area contributed by atoms with Crippen molar-refractivity contribution in [3.05, 3.63) is 76.6 Å². The smallest absolute Gasteiger partial charge is 0.331 e. The summed E-state index contributed by atoms with van der Waals surface area (Å²) < 4.78 is 19.0. The molecule has 0 unspecified atom stereocenters. The topological polar surface area (TPSA) is 79.7 Å². The van der Waals surface area contributed by atoms with Gasteiger partial charge in [-0.2, -0.15) is 0 Å². The molecule has 33 heavy (non-hydrogen) atoms. The molecule has 5 rings (SSSR count). The molecule has 2 aromatic carbocycles. The van der Waals surface area contributed by atoms with E-state index in [0.717, 1.165) is 27.3 Å². The molecule has 2 aromatic heterocycles. The normalized spacial score (nSPS) is 12.5. The fourth-order valence-electron chi connectivity index (χ4n) is 3.83. The van der Waals surface area contributed by atoms with Gasteiger partial charge in [-0.3, -0.25) is 4.79 Å². The molecular weight excluding hydrogens is 440 g/mol. The number of carbonyl (C=O) groups is 2. The number of hydrogen-bond acceptors (Lipinski definition) is 7. The maximum absolute atomic E-state index is 12.8. The van der Waals surface area contributed by atoms with E-state index < -0.39 is 5.97 Å². The molecule has 0 atom stereocenters. The van der Waals surface area contributed by atoms with Gasteiger partial charge in [-0.15, -0.1) is 11.3 Å². The Kier molecular flexibility index (Phi) is 5.43. The summed E-state index contributed by atoms with van der Waals surface area (Å²) in [4.78, 5) is 29.4. The number of hydrogen-bond donors (Lipinski definition) is 0. The largest absolute Gasteiger partial charge is 0.454 e. The first-order chi connectivity index (χ1) is 16.0. The third-order valence-electron chi connectivity index (χ3n) is 5.36. The summed E-state index contributed by atoms with van der Waals surface area (Å²) in [6.07, 6.45) is 2.89. The molecule has 1 aliphatic heterocycles. The van der Waals surface area contributed by atoms with Gasteiger partial charge in [-0.25, -0.2) is 9.78 Å². The first-order valence-electron chi connectivity index (χ1n) is 10.3. The van der Waals surface area contributed by atoms with E-state index >= 15 is 0 Å². The highest BCUT2D eigenvalue weighted by atomic mass is 32.1. The minimum atomic E-state index is -0.591. The van der Waals surface area contributed by atoms with Crippen LogP contribution in [0.1, 0.15) is 26.8 Å². The third-order valence-corrected chi connectivity index (χ3v) is 6.37. The van der Waals surface area contributed by atoms with Crippen molar-refractivity contribution < 1.29 is 23.8 Å². The van der Waals surface area contributed by atoms with E-state index in [0.29, 0.717) is 22.1 Å². The maximum atomic E-state index is 12.8. The van der Waals surface area contributed by atoms with Crippen LogP contribution >= 0.6 is 11.3 Å². The number of rotatable bonds is 6. The van der Waals surface area contributed by atoms with Crippen molar-refractivity contribution in [2.24, 2.45) is 0 Å². The Bertz CT molecular complexity index is 1380. The number of carbonyl (C=O) groups excluding carboxylic acids is 2. The molecule has 1 aliphatic rings. The zero-order chi connectivity index (χ0) is 22.9. The zero-order valence-corrected chi connectivity index (χ0v) is 18.8. The van der Waals surface area contributed by atoms with Crippen molar-refractivity contribution in [1.29, 1.82) is 0 Å². The summed E-state index contributed by atoms with van der Waals surface area (Å²) in [6, 6.07) is 15.2. The van der Waals surface area contributed by atoms with Gasteiger partial charge >= 0.3 is 5.97 Å². The molecule has 0 aliphatic carbocycles. The number of esters is 1. The van der Waals surface area contributed by atoms with E-state index in [4.69, 9.17) is 14.2 Å². The molecule has 8 heteroatoms. The standard InChI is InChI=1S/C25H20N2O5S/c1-15-11-18(16(2)27(15)17-7-8-21-22(12-17)32-14-31-21)20(28)13-30-25(29)10-9-24-26-19-5-3-4-6-23(19)33-24/h3-12H,13-14H2,1-2H3. The number of ether oxygens (including phenoxy) is 3. The Balaban J connectivity index is 1.26. The number of aryl methyl sites for hydroxylation is 1. The van der Waals surface area contributed by atoms with Gasteiger partial charge in [-0.1, -0.05) is 12.1 Å². The number of ketones is 1. The molecule has 7 nitrogen and oxygen atoms in total. The predicted octanol–water partition coefficient (Wildman–Crippen LogP) is 4.87. The summed E-state index contributed by atoms with van der Waals surface area (Å²) in [7, 11) is 0. The van der Waals surface area contributed by atoms with Gasteiger partial charge in [0.1, 0.15) is 5.01 Å². The van der Waals surface area contributed by atoms with Gasteiger partial charge in [0.05, 0.1) is 10.2 Å². The second-order valence-electron chi connectivity index (χ2n) is 7.54. The first kappa shape index (κ1) is 21.0. The highest BCUT2D eigenvalue weighted by molar-refractivity contribution is 7.19. The van der Waals surface area contributed by atoms with Crippen molar-refractivity contribution in [2.75, 3.05) is 13.4 Å². The second kappa shape index (κ2) is 8.55. The van der Waals surface area contributed by atoms with Gasteiger partial charge in [0.25, 0.3) is 0 Å². The van der Waals surface area contributed by atoms with Crippen molar-refractivity contribution >= 4 is 39.4 Å². The Morgan fingerprint density at radius 2 is 1.94 bits per heavy atom. The van der Waals surface area contributed by atoms with Crippen LogP contribution in [0, 0.1) is 13.8 Å². The Morgan fingerprint density at radius 3 is 2.79 bits per heavy atom. The maximum Gasteiger partial charge on any atom is 0.331 e. The van der Waals surface area contributed by atoms with Crippen molar-refractivity contribution in [3.8, 4) is 17.2 Å². The fraction of sp³-hybridized carbons (Fsp3) is 0.160. The van der Waals surface area contributed by atoms with Crippen LogP contribution in [0.5, 0.6) is 11.5 Å². The molecule has 3 heterocycles. The summed E-state index contributed by atoms with van der Waals surface area (Å²) in [5.74, 6) is 0.508. The Labute approximate surface area is 193 Å². The van der Waals surface area contributed by atoms with Crippen LogP contribution in [0.4, 0.5) is 0 Å². The van der Waals surface area contributed by atoms with Crippen LogP contribution in [0.3, 0.4) is 0 Å². The predicted molar refractivity (Wildman–Crippen MR) is 125 cm³/mol. The number of benzene rings is 2. The summed E-state index contributed by atoms with van der Waals surface area (Å²) in [5.41, 5.74) is 3.90. The van der Waals surface area contributed by atoms with E-state index in [9.17, 15) is 9.59 Å². The lowest BCUT2D eigenvalue weighted by Crippen LogP contribution is -2.13. The van der Waals surface area contributed by atoms with Gasteiger partial charge in [0.15, 0.2) is 18.1 Å². The summed E-state index contributed by atoms with van der Waals surface area (Å²) >= 11 is 1.48. The lowest BCUT2D eigenvalue weighted by atomic mass is 10.1. The van der Waals surface area contributed by atoms with Gasteiger partial charge in [-0.05, 0) is 50.3 Å².